The molecule has 0 bridgehead atoms. The molecule has 1 saturated heterocycles. The molecule has 3 rings (SSSR count). The Balaban J connectivity index is 1.66. The third-order valence-electron chi connectivity index (χ3n) is 5.31. The number of pyridine rings is 1. The second kappa shape index (κ2) is 11.4. The van der Waals surface area contributed by atoms with Crippen LogP contribution in [0.4, 0.5) is 5.69 Å². The fourth-order valence-corrected chi connectivity index (χ4v) is 5.59. The second-order valence-corrected chi connectivity index (χ2v) is 10.5. The first-order chi connectivity index (χ1) is 15.4. The molecule has 1 fully saturated rings. The summed E-state index contributed by atoms with van der Waals surface area (Å²) in [6.07, 6.45) is 6.72. The van der Waals surface area contributed by atoms with Gasteiger partial charge in [0.2, 0.25) is 21.8 Å². The van der Waals surface area contributed by atoms with Gasteiger partial charge in [-0.15, -0.1) is 0 Å². The minimum Gasteiger partial charge on any atom is -0.344 e. The van der Waals surface area contributed by atoms with Crippen molar-refractivity contribution in [3.8, 4) is 0 Å². The lowest BCUT2D eigenvalue weighted by atomic mass is 9.98. The molecule has 172 valence electrons. The Bertz CT molecular complexity index is 1000. The van der Waals surface area contributed by atoms with Crippen molar-refractivity contribution in [1.29, 1.82) is 0 Å². The number of hydrogen-bond donors (Lipinski definition) is 2. The maximum atomic E-state index is 13.0. The smallest absolute Gasteiger partial charge is 0.247 e. The van der Waals surface area contributed by atoms with Crippen LogP contribution in [0.3, 0.4) is 0 Å². The summed E-state index contributed by atoms with van der Waals surface area (Å²) in [5.74, 6) is -0.425. The van der Waals surface area contributed by atoms with E-state index < -0.39 is 22.0 Å². The zero-order valence-electron chi connectivity index (χ0n) is 17.9. The van der Waals surface area contributed by atoms with Crippen LogP contribution in [0.25, 0.3) is 0 Å². The minimum atomic E-state index is -3.66. The van der Waals surface area contributed by atoms with E-state index in [1.807, 2.05) is 6.26 Å². The number of nitrogens with zero attached hydrogens (tertiary/aromatic N) is 2. The summed E-state index contributed by atoms with van der Waals surface area (Å²) >= 11 is 1.59. The van der Waals surface area contributed by atoms with E-state index in [2.05, 4.69) is 15.6 Å². The molecule has 2 amide bonds. The van der Waals surface area contributed by atoms with Gasteiger partial charge in [0.1, 0.15) is 6.04 Å². The number of hydrogen-bond acceptors (Lipinski definition) is 6. The lowest BCUT2D eigenvalue weighted by molar-refractivity contribution is -0.130. The number of nitrogens with one attached hydrogen (secondary N) is 2. The first kappa shape index (κ1) is 24.2. The molecule has 1 aromatic heterocycles. The summed E-state index contributed by atoms with van der Waals surface area (Å²) in [7, 11) is -3.66. The maximum absolute atomic E-state index is 13.0. The highest BCUT2D eigenvalue weighted by atomic mass is 32.2. The zero-order valence-corrected chi connectivity index (χ0v) is 19.6. The molecular formula is C22H28N4O4S2. The summed E-state index contributed by atoms with van der Waals surface area (Å²) in [4.78, 5) is 30.0. The SMILES string of the molecule is CSCCC(NC(=O)C1CCCN(S(=O)(=O)c2ccccc2)C1)C(=O)Nc1cccnc1. The van der Waals surface area contributed by atoms with E-state index in [0.29, 0.717) is 37.2 Å². The van der Waals surface area contributed by atoms with Gasteiger partial charge in [-0.25, -0.2) is 8.42 Å². The van der Waals surface area contributed by atoms with E-state index in [9.17, 15) is 18.0 Å². The molecular weight excluding hydrogens is 448 g/mol. The molecule has 2 atom stereocenters. The van der Waals surface area contributed by atoms with Gasteiger partial charge in [-0.05, 0) is 55.5 Å². The lowest BCUT2D eigenvalue weighted by Gasteiger charge is -2.32. The summed E-state index contributed by atoms with van der Waals surface area (Å²) in [6, 6.07) is 11.0. The van der Waals surface area contributed by atoms with Crippen LogP contribution in [0.15, 0.2) is 59.8 Å². The van der Waals surface area contributed by atoms with Crippen molar-refractivity contribution in [2.24, 2.45) is 5.92 Å². The Labute approximate surface area is 193 Å². The van der Waals surface area contributed by atoms with Crippen LogP contribution in [-0.4, -0.2) is 60.7 Å². The molecule has 0 aliphatic carbocycles. The van der Waals surface area contributed by atoms with Crippen molar-refractivity contribution in [1.82, 2.24) is 14.6 Å². The lowest BCUT2D eigenvalue weighted by Crippen LogP contribution is -2.50. The van der Waals surface area contributed by atoms with Gasteiger partial charge < -0.3 is 10.6 Å². The molecule has 1 aromatic carbocycles. The van der Waals surface area contributed by atoms with Crippen molar-refractivity contribution in [2.45, 2.75) is 30.2 Å². The van der Waals surface area contributed by atoms with E-state index in [0.717, 1.165) is 0 Å². The number of aromatic nitrogens is 1. The number of thioether (sulfide) groups is 1. The van der Waals surface area contributed by atoms with E-state index >= 15 is 0 Å². The number of rotatable bonds is 9. The van der Waals surface area contributed by atoms with Crippen LogP contribution in [0, 0.1) is 5.92 Å². The number of carbonyl (C=O) groups is 2. The molecule has 0 radical (unpaired) electrons. The third kappa shape index (κ3) is 6.30. The number of carbonyl (C=O) groups excluding carboxylic acids is 2. The maximum Gasteiger partial charge on any atom is 0.247 e. The largest absolute Gasteiger partial charge is 0.344 e. The first-order valence-corrected chi connectivity index (χ1v) is 13.3. The van der Waals surface area contributed by atoms with Crippen LogP contribution in [0.1, 0.15) is 19.3 Å². The van der Waals surface area contributed by atoms with Gasteiger partial charge in [0.25, 0.3) is 0 Å². The molecule has 8 nitrogen and oxygen atoms in total. The Kier molecular flexibility index (Phi) is 8.66. The Morgan fingerprint density at radius 2 is 2.00 bits per heavy atom. The highest BCUT2D eigenvalue weighted by Gasteiger charge is 2.34. The van der Waals surface area contributed by atoms with E-state index in [4.69, 9.17) is 0 Å². The molecule has 2 unspecified atom stereocenters. The molecule has 0 spiro atoms. The monoisotopic (exact) mass is 476 g/mol. The predicted molar refractivity (Wildman–Crippen MR) is 126 cm³/mol. The molecule has 10 heteroatoms. The van der Waals surface area contributed by atoms with Crippen molar-refractivity contribution in [3.63, 3.8) is 0 Å². The highest BCUT2D eigenvalue weighted by Crippen LogP contribution is 2.24. The quantitative estimate of drug-likeness (QED) is 0.575. The summed E-state index contributed by atoms with van der Waals surface area (Å²) < 4.78 is 27.3. The minimum absolute atomic E-state index is 0.0997. The number of sulfonamides is 1. The summed E-state index contributed by atoms with van der Waals surface area (Å²) in [6.45, 7) is 0.473. The first-order valence-electron chi connectivity index (χ1n) is 10.5. The van der Waals surface area contributed by atoms with Gasteiger partial charge in [-0.3, -0.25) is 14.6 Å². The van der Waals surface area contributed by atoms with Crippen LogP contribution in [-0.2, 0) is 19.6 Å². The van der Waals surface area contributed by atoms with Crippen molar-refractivity contribution < 1.29 is 18.0 Å². The van der Waals surface area contributed by atoms with E-state index in [1.54, 1.807) is 66.6 Å². The standard InChI is InChI=1S/C22H28N4O4S2/c1-31-14-11-20(22(28)24-18-8-5-12-23-15-18)25-21(27)17-7-6-13-26(16-17)32(29,30)19-9-3-2-4-10-19/h2-5,8-10,12,15,17,20H,6-7,11,13-14,16H2,1H3,(H,24,28)(H,25,27). The molecule has 32 heavy (non-hydrogen) atoms. The Morgan fingerprint density at radius 1 is 1.22 bits per heavy atom. The fourth-order valence-electron chi connectivity index (χ4n) is 3.58. The highest BCUT2D eigenvalue weighted by molar-refractivity contribution is 7.98. The summed E-state index contributed by atoms with van der Waals surface area (Å²) in [5, 5.41) is 5.63. The Morgan fingerprint density at radius 3 is 2.69 bits per heavy atom. The van der Waals surface area contributed by atoms with Gasteiger partial charge in [0, 0.05) is 19.3 Å². The number of piperidine rings is 1. The summed E-state index contributed by atoms with van der Waals surface area (Å²) in [5.41, 5.74) is 0.554. The van der Waals surface area contributed by atoms with Crippen molar-refractivity contribution in [3.05, 3.63) is 54.9 Å². The molecule has 1 aliphatic rings. The van der Waals surface area contributed by atoms with Gasteiger partial charge in [0.05, 0.1) is 22.7 Å². The average Bonchev–Trinajstić information content (AvgIpc) is 2.82. The second-order valence-electron chi connectivity index (χ2n) is 7.59. The average molecular weight is 477 g/mol. The third-order valence-corrected chi connectivity index (χ3v) is 7.83. The normalized spacial score (nSPS) is 18.0. The topological polar surface area (TPSA) is 108 Å². The molecule has 2 aromatic rings. The van der Waals surface area contributed by atoms with Crippen LogP contribution in [0.2, 0.25) is 0 Å². The van der Waals surface area contributed by atoms with E-state index in [1.165, 1.54) is 4.31 Å². The number of anilines is 1. The number of amides is 2. The number of benzene rings is 1. The van der Waals surface area contributed by atoms with Gasteiger partial charge in [-0.1, -0.05) is 18.2 Å². The predicted octanol–water partition coefficient (Wildman–Crippen LogP) is 2.36. The van der Waals surface area contributed by atoms with Crippen molar-refractivity contribution in [2.75, 3.05) is 30.4 Å². The van der Waals surface area contributed by atoms with E-state index in [-0.39, 0.29) is 23.3 Å². The fraction of sp³-hybridized carbons (Fsp3) is 0.409. The molecule has 2 heterocycles. The van der Waals surface area contributed by atoms with Crippen LogP contribution < -0.4 is 10.6 Å². The van der Waals surface area contributed by atoms with Crippen LogP contribution >= 0.6 is 11.8 Å². The van der Waals surface area contributed by atoms with Crippen LogP contribution in [0.5, 0.6) is 0 Å². The van der Waals surface area contributed by atoms with Gasteiger partial charge in [-0.2, -0.15) is 16.1 Å². The Hall–Kier alpha value is -2.43. The molecule has 2 N–H and O–H groups in total. The molecule has 1 aliphatic heterocycles. The van der Waals surface area contributed by atoms with Crippen molar-refractivity contribution >= 4 is 39.3 Å². The molecule has 0 saturated carbocycles. The van der Waals surface area contributed by atoms with Gasteiger partial charge in [0.15, 0.2) is 0 Å². The zero-order chi connectivity index (χ0) is 23.0. The van der Waals surface area contributed by atoms with Gasteiger partial charge >= 0.3 is 0 Å².